The van der Waals surface area contributed by atoms with Gasteiger partial charge in [0.2, 0.25) is 0 Å². The van der Waals surface area contributed by atoms with Crippen molar-refractivity contribution in [2.45, 2.75) is 32.9 Å². The van der Waals surface area contributed by atoms with Gasteiger partial charge in [0, 0.05) is 19.7 Å². The molecule has 1 N–H and O–H groups in total. The van der Waals surface area contributed by atoms with Crippen LogP contribution in [0.4, 0.5) is 0 Å². The zero-order valence-corrected chi connectivity index (χ0v) is 12.2. The summed E-state index contributed by atoms with van der Waals surface area (Å²) in [6, 6.07) is 8.23. The van der Waals surface area contributed by atoms with Crippen molar-refractivity contribution < 1.29 is 9.47 Å². The van der Waals surface area contributed by atoms with E-state index in [2.05, 4.69) is 31.3 Å². The molecule has 1 aromatic carbocycles. The predicted octanol–water partition coefficient (Wildman–Crippen LogP) is 2.85. The van der Waals surface area contributed by atoms with Crippen LogP contribution >= 0.6 is 0 Å². The summed E-state index contributed by atoms with van der Waals surface area (Å²) in [4.78, 5) is 0. The van der Waals surface area contributed by atoms with E-state index in [0.29, 0.717) is 17.9 Å². The van der Waals surface area contributed by atoms with E-state index in [9.17, 15) is 0 Å². The predicted molar refractivity (Wildman–Crippen MR) is 77.4 cm³/mol. The standard InChI is InChI=1S/C16H25NO2/c1-12(2)16-14(8-9-19-16)11-17-10-13-4-6-15(18-3)7-5-13/h4-7,12,14,16-17H,8-11H2,1-3H3/t14-,16-/m1/s1. The first-order valence-electron chi connectivity index (χ1n) is 7.16. The van der Waals surface area contributed by atoms with Crippen LogP contribution in [0.2, 0.25) is 0 Å². The van der Waals surface area contributed by atoms with Gasteiger partial charge >= 0.3 is 0 Å². The average Bonchev–Trinajstić information content (AvgIpc) is 2.88. The molecule has 0 amide bonds. The molecule has 106 valence electrons. The molecule has 0 radical (unpaired) electrons. The quantitative estimate of drug-likeness (QED) is 0.856. The Morgan fingerprint density at radius 2 is 2.05 bits per heavy atom. The van der Waals surface area contributed by atoms with Gasteiger partial charge in [0.1, 0.15) is 5.75 Å². The summed E-state index contributed by atoms with van der Waals surface area (Å²) in [5.74, 6) is 2.17. The Morgan fingerprint density at radius 3 is 2.68 bits per heavy atom. The van der Waals surface area contributed by atoms with Gasteiger partial charge in [-0.15, -0.1) is 0 Å². The monoisotopic (exact) mass is 263 g/mol. The number of rotatable bonds is 6. The fraction of sp³-hybridized carbons (Fsp3) is 0.625. The summed E-state index contributed by atoms with van der Waals surface area (Å²) < 4.78 is 11.0. The van der Waals surface area contributed by atoms with Crippen LogP contribution in [-0.2, 0) is 11.3 Å². The maximum Gasteiger partial charge on any atom is 0.118 e. The van der Waals surface area contributed by atoms with Crippen LogP contribution < -0.4 is 10.1 Å². The molecule has 1 saturated heterocycles. The van der Waals surface area contributed by atoms with E-state index in [1.54, 1.807) is 7.11 Å². The lowest BCUT2D eigenvalue weighted by Crippen LogP contribution is -2.31. The van der Waals surface area contributed by atoms with Crippen LogP contribution in [0.1, 0.15) is 25.8 Å². The molecule has 3 heteroatoms. The van der Waals surface area contributed by atoms with Gasteiger partial charge in [-0.3, -0.25) is 0 Å². The molecule has 2 rings (SSSR count). The Bertz CT molecular complexity index is 375. The summed E-state index contributed by atoms with van der Waals surface area (Å²) in [5, 5.41) is 3.55. The molecule has 0 bridgehead atoms. The van der Waals surface area contributed by atoms with E-state index >= 15 is 0 Å². The molecule has 0 spiro atoms. The molecule has 2 atom stereocenters. The minimum absolute atomic E-state index is 0.420. The fourth-order valence-corrected chi connectivity index (χ4v) is 2.76. The van der Waals surface area contributed by atoms with Crippen molar-refractivity contribution >= 4 is 0 Å². The number of hydrogen-bond acceptors (Lipinski definition) is 3. The summed E-state index contributed by atoms with van der Waals surface area (Å²) in [6.45, 7) is 7.34. The number of benzene rings is 1. The van der Waals surface area contributed by atoms with E-state index in [0.717, 1.165) is 25.4 Å². The Labute approximate surface area is 116 Å². The SMILES string of the molecule is COc1ccc(CNC[C@H]2CCO[C@@H]2C(C)C)cc1. The molecule has 1 aliphatic heterocycles. The van der Waals surface area contributed by atoms with Crippen LogP contribution in [0.25, 0.3) is 0 Å². The molecule has 1 heterocycles. The van der Waals surface area contributed by atoms with Crippen molar-refractivity contribution in [2.24, 2.45) is 11.8 Å². The van der Waals surface area contributed by atoms with E-state index < -0.39 is 0 Å². The highest BCUT2D eigenvalue weighted by molar-refractivity contribution is 5.26. The second-order valence-corrected chi connectivity index (χ2v) is 5.61. The molecule has 0 saturated carbocycles. The first kappa shape index (κ1) is 14.4. The average molecular weight is 263 g/mol. The maximum absolute atomic E-state index is 5.80. The van der Waals surface area contributed by atoms with E-state index in [1.165, 1.54) is 12.0 Å². The fourth-order valence-electron chi connectivity index (χ4n) is 2.76. The molecule has 1 aromatic rings. The molecule has 3 nitrogen and oxygen atoms in total. The molecule has 19 heavy (non-hydrogen) atoms. The van der Waals surface area contributed by atoms with Gasteiger partial charge < -0.3 is 14.8 Å². The van der Waals surface area contributed by atoms with Crippen LogP contribution in [0, 0.1) is 11.8 Å². The summed E-state index contributed by atoms with van der Waals surface area (Å²) in [6.07, 6.45) is 1.60. The third-order valence-corrected chi connectivity index (χ3v) is 3.82. The number of hydrogen-bond donors (Lipinski definition) is 1. The Kier molecular flexibility index (Phi) is 5.23. The zero-order valence-electron chi connectivity index (χ0n) is 12.2. The van der Waals surface area contributed by atoms with Crippen molar-refractivity contribution in [3.05, 3.63) is 29.8 Å². The lowest BCUT2D eigenvalue weighted by Gasteiger charge is -2.22. The zero-order chi connectivity index (χ0) is 13.7. The highest BCUT2D eigenvalue weighted by atomic mass is 16.5. The van der Waals surface area contributed by atoms with Crippen molar-refractivity contribution in [3.63, 3.8) is 0 Å². The molecular formula is C16H25NO2. The van der Waals surface area contributed by atoms with E-state index in [4.69, 9.17) is 9.47 Å². The normalized spacial score (nSPS) is 22.9. The van der Waals surface area contributed by atoms with Gasteiger partial charge in [0.25, 0.3) is 0 Å². The third kappa shape index (κ3) is 3.95. The third-order valence-electron chi connectivity index (χ3n) is 3.82. The number of methoxy groups -OCH3 is 1. The van der Waals surface area contributed by atoms with Crippen LogP contribution in [-0.4, -0.2) is 26.4 Å². The smallest absolute Gasteiger partial charge is 0.118 e. The van der Waals surface area contributed by atoms with Crippen LogP contribution in [0.3, 0.4) is 0 Å². The summed E-state index contributed by atoms with van der Waals surface area (Å²) in [5.41, 5.74) is 1.29. The second kappa shape index (κ2) is 6.92. The maximum atomic E-state index is 5.80. The van der Waals surface area contributed by atoms with Gasteiger partial charge in [-0.1, -0.05) is 26.0 Å². The topological polar surface area (TPSA) is 30.5 Å². The Balaban J connectivity index is 1.76. The largest absolute Gasteiger partial charge is 0.497 e. The molecule has 0 aliphatic carbocycles. The van der Waals surface area contributed by atoms with Crippen LogP contribution in [0.5, 0.6) is 5.75 Å². The van der Waals surface area contributed by atoms with Crippen molar-refractivity contribution in [1.82, 2.24) is 5.32 Å². The summed E-state index contributed by atoms with van der Waals surface area (Å²) >= 11 is 0. The lowest BCUT2D eigenvalue weighted by molar-refractivity contribution is 0.0539. The molecule has 0 aromatic heterocycles. The Morgan fingerprint density at radius 1 is 1.32 bits per heavy atom. The van der Waals surface area contributed by atoms with Gasteiger partial charge in [-0.05, 0) is 36.0 Å². The van der Waals surface area contributed by atoms with Gasteiger partial charge in [-0.2, -0.15) is 0 Å². The van der Waals surface area contributed by atoms with Gasteiger partial charge in [-0.25, -0.2) is 0 Å². The number of ether oxygens (including phenoxy) is 2. The molecule has 1 fully saturated rings. The molecule has 0 unspecified atom stereocenters. The first-order chi connectivity index (χ1) is 9.20. The highest BCUT2D eigenvalue weighted by Gasteiger charge is 2.29. The van der Waals surface area contributed by atoms with E-state index in [1.807, 2.05) is 12.1 Å². The Hall–Kier alpha value is -1.06. The first-order valence-corrected chi connectivity index (χ1v) is 7.16. The molecule has 1 aliphatic rings. The minimum Gasteiger partial charge on any atom is -0.497 e. The van der Waals surface area contributed by atoms with Crippen molar-refractivity contribution in [1.29, 1.82) is 0 Å². The number of nitrogens with one attached hydrogen (secondary N) is 1. The second-order valence-electron chi connectivity index (χ2n) is 5.61. The van der Waals surface area contributed by atoms with E-state index in [-0.39, 0.29) is 0 Å². The summed E-state index contributed by atoms with van der Waals surface area (Å²) in [7, 11) is 1.69. The van der Waals surface area contributed by atoms with Crippen LogP contribution in [0.15, 0.2) is 24.3 Å². The minimum atomic E-state index is 0.420. The molecular weight excluding hydrogens is 238 g/mol. The van der Waals surface area contributed by atoms with Gasteiger partial charge in [0.05, 0.1) is 13.2 Å². The van der Waals surface area contributed by atoms with Crippen molar-refractivity contribution in [3.8, 4) is 5.75 Å². The lowest BCUT2D eigenvalue weighted by atomic mass is 9.93. The van der Waals surface area contributed by atoms with Gasteiger partial charge in [0.15, 0.2) is 0 Å². The highest BCUT2D eigenvalue weighted by Crippen LogP contribution is 2.26. The van der Waals surface area contributed by atoms with Crippen molar-refractivity contribution in [2.75, 3.05) is 20.3 Å².